The summed E-state index contributed by atoms with van der Waals surface area (Å²) < 4.78 is 0. The lowest BCUT2D eigenvalue weighted by atomic mass is 10.1. The molecule has 0 aliphatic heterocycles. The number of nitrogens with one attached hydrogen (secondary N) is 1. The van der Waals surface area contributed by atoms with E-state index < -0.39 is 0 Å². The second kappa shape index (κ2) is 8.40. The molecule has 0 saturated carbocycles. The van der Waals surface area contributed by atoms with Crippen LogP contribution in [0.4, 0.5) is 5.69 Å². The summed E-state index contributed by atoms with van der Waals surface area (Å²) in [6, 6.07) is 16.4. The van der Waals surface area contributed by atoms with Gasteiger partial charge in [-0.3, -0.25) is 14.6 Å². The molecule has 26 heavy (non-hydrogen) atoms. The van der Waals surface area contributed by atoms with Crippen LogP contribution >= 0.6 is 11.3 Å². The quantitative estimate of drug-likeness (QED) is 0.724. The molecule has 132 valence electrons. The minimum absolute atomic E-state index is 0.136. The Balaban J connectivity index is 1.69. The highest BCUT2D eigenvalue weighted by molar-refractivity contribution is 7.12. The molecule has 0 saturated heterocycles. The Hall–Kier alpha value is -2.99. The van der Waals surface area contributed by atoms with Crippen molar-refractivity contribution in [3.63, 3.8) is 0 Å². The average Bonchev–Trinajstić information content (AvgIpc) is 3.22. The topological polar surface area (TPSA) is 62.3 Å². The van der Waals surface area contributed by atoms with Gasteiger partial charge in [0.1, 0.15) is 0 Å². The van der Waals surface area contributed by atoms with Crippen molar-refractivity contribution in [2.75, 3.05) is 18.9 Å². The van der Waals surface area contributed by atoms with Crippen molar-refractivity contribution in [2.24, 2.45) is 0 Å². The zero-order valence-electron chi connectivity index (χ0n) is 14.4. The van der Waals surface area contributed by atoms with Crippen molar-refractivity contribution in [3.05, 3.63) is 82.3 Å². The van der Waals surface area contributed by atoms with E-state index in [1.165, 1.54) is 11.3 Å². The number of aromatic nitrogens is 1. The molecule has 2 aromatic heterocycles. The second-order valence-corrected chi connectivity index (χ2v) is 6.72. The molecule has 1 aromatic carbocycles. The monoisotopic (exact) mass is 365 g/mol. The fraction of sp³-hybridized carbons (Fsp3) is 0.150. The number of benzene rings is 1. The van der Waals surface area contributed by atoms with Crippen molar-refractivity contribution in [3.8, 4) is 0 Å². The molecule has 0 bridgehead atoms. The third kappa shape index (κ3) is 4.34. The van der Waals surface area contributed by atoms with Gasteiger partial charge in [0, 0.05) is 31.9 Å². The highest BCUT2D eigenvalue weighted by atomic mass is 32.1. The summed E-state index contributed by atoms with van der Waals surface area (Å²) in [5.41, 5.74) is 1.92. The number of thiophene rings is 1. The van der Waals surface area contributed by atoms with Crippen molar-refractivity contribution >= 4 is 28.8 Å². The maximum Gasteiger partial charge on any atom is 0.265 e. The third-order valence-corrected chi connectivity index (χ3v) is 4.80. The number of nitrogens with zero attached hydrogens (tertiary/aromatic N) is 2. The molecular formula is C20H19N3O2S. The first-order chi connectivity index (χ1) is 12.6. The van der Waals surface area contributed by atoms with E-state index in [1.54, 1.807) is 48.5 Å². The Morgan fingerprint density at radius 3 is 2.62 bits per heavy atom. The summed E-state index contributed by atoms with van der Waals surface area (Å²) in [5, 5.41) is 4.68. The van der Waals surface area contributed by atoms with Crippen LogP contribution in [0.15, 0.2) is 66.2 Å². The molecule has 0 radical (unpaired) electrons. The van der Waals surface area contributed by atoms with E-state index in [0.29, 0.717) is 29.1 Å². The van der Waals surface area contributed by atoms with Crippen molar-refractivity contribution in [1.29, 1.82) is 0 Å². The number of carbonyl (C=O) groups is 2. The molecule has 0 spiro atoms. The molecule has 3 rings (SSSR count). The Labute approximate surface area is 156 Å². The van der Waals surface area contributed by atoms with Gasteiger partial charge in [0.2, 0.25) is 0 Å². The Morgan fingerprint density at radius 2 is 1.88 bits per heavy atom. The first-order valence-electron chi connectivity index (χ1n) is 8.24. The average molecular weight is 365 g/mol. The van der Waals surface area contributed by atoms with E-state index in [-0.39, 0.29) is 11.8 Å². The van der Waals surface area contributed by atoms with Gasteiger partial charge in [-0.15, -0.1) is 11.3 Å². The van der Waals surface area contributed by atoms with Gasteiger partial charge in [-0.2, -0.15) is 0 Å². The number of para-hydroxylation sites is 1. The lowest BCUT2D eigenvalue weighted by Gasteiger charge is -2.19. The number of hydrogen-bond acceptors (Lipinski definition) is 4. The van der Waals surface area contributed by atoms with Gasteiger partial charge >= 0.3 is 0 Å². The van der Waals surface area contributed by atoms with Gasteiger partial charge in [-0.05, 0) is 35.7 Å². The van der Waals surface area contributed by atoms with Crippen LogP contribution < -0.4 is 5.32 Å². The lowest BCUT2D eigenvalue weighted by Crippen LogP contribution is -2.30. The molecule has 1 N–H and O–H groups in total. The maximum absolute atomic E-state index is 12.8. The predicted octanol–water partition coefficient (Wildman–Crippen LogP) is 3.71. The zero-order valence-corrected chi connectivity index (χ0v) is 15.2. The maximum atomic E-state index is 12.8. The molecular weight excluding hydrogens is 346 g/mol. The largest absolute Gasteiger partial charge is 0.341 e. The summed E-state index contributed by atoms with van der Waals surface area (Å²) in [4.78, 5) is 31.6. The number of amides is 2. The van der Waals surface area contributed by atoms with Crippen molar-refractivity contribution in [1.82, 2.24) is 9.88 Å². The fourth-order valence-electron chi connectivity index (χ4n) is 2.51. The van der Waals surface area contributed by atoms with Crippen LogP contribution in [0, 0.1) is 0 Å². The number of rotatable bonds is 6. The van der Waals surface area contributed by atoms with Gasteiger partial charge in [0.25, 0.3) is 11.8 Å². The minimum Gasteiger partial charge on any atom is -0.341 e. The summed E-state index contributed by atoms with van der Waals surface area (Å²) in [5.74, 6) is -0.348. The number of likely N-dealkylation sites (N-methyl/N-ethyl adjacent to an activating group) is 1. The van der Waals surface area contributed by atoms with Crippen molar-refractivity contribution in [2.45, 2.75) is 6.42 Å². The van der Waals surface area contributed by atoms with E-state index >= 15 is 0 Å². The van der Waals surface area contributed by atoms with E-state index in [0.717, 1.165) is 5.69 Å². The molecule has 2 amide bonds. The second-order valence-electron chi connectivity index (χ2n) is 5.77. The Morgan fingerprint density at radius 1 is 1.08 bits per heavy atom. The van der Waals surface area contributed by atoms with Crippen LogP contribution in [0.5, 0.6) is 0 Å². The molecule has 0 aliphatic rings. The normalized spacial score (nSPS) is 10.3. The van der Waals surface area contributed by atoms with Crippen LogP contribution in [0.2, 0.25) is 0 Å². The highest BCUT2D eigenvalue weighted by Gasteiger charge is 2.17. The van der Waals surface area contributed by atoms with Crippen LogP contribution in [-0.2, 0) is 6.42 Å². The van der Waals surface area contributed by atoms with Gasteiger partial charge in [0.05, 0.1) is 16.1 Å². The highest BCUT2D eigenvalue weighted by Crippen LogP contribution is 2.19. The van der Waals surface area contributed by atoms with Crippen molar-refractivity contribution < 1.29 is 9.59 Å². The summed E-state index contributed by atoms with van der Waals surface area (Å²) in [6.45, 7) is 0.545. The molecule has 0 unspecified atom stereocenters. The Bertz CT molecular complexity index is 879. The van der Waals surface area contributed by atoms with E-state index in [4.69, 9.17) is 0 Å². The van der Waals surface area contributed by atoms with Crippen LogP contribution in [0.25, 0.3) is 0 Å². The smallest absolute Gasteiger partial charge is 0.265 e. The number of carbonyl (C=O) groups excluding carboxylic acids is 2. The van der Waals surface area contributed by atoms with Gasteiger partial charge in [-0.25, -0.2) is 0 Å². The number of pyridine rings is 1. The fourth-order valence-corrected chi connectivity index (χ4v) is 3.12. The summed E-state index contributed by atoms with van der Waals surface area (Å²) in [7, 11) is 1.75. The molecule has 6 heteroatoms. The van der Waals surface area contributed by atoms with E-state index in [2.05, 4.69) is 10.3 Å². The first kappa shape index (κ1) is 17.8. The van der Waals surface area contributed by atoms with Crippen LogP contribution in [0.1, 0.15) is 25.7 Å². The molecule has 0 atom stereocenters. The minimum atomic E-state index is -0.212. The Kier molecular flexibility index (Phi) is 5.76. The predicted molar refractivity (Wildman–Crippen MR) is 104 cm³/mol. The van der Waals surface area contributed by atoms with E-state index in [1.807, 2.05) is 29.6 Å². The van der Waals surface area contributed by atoms with Gasteiger partial charge in [0.15, 0.2) is 0 Å². The molecule has 0 fully saturated rings. The lowest BCUT2D eigenvalue weighted by molar-refractivity contribution is 0.0797. The summed E-state index contributed by atoms with van der Waals surface area (Å²) >= 11 is 1.36. The molecule has 3 aromatic rings. The third-order valence-electron chi connectivity index (χ3n) is 3.93. The number of anilines is 1. The van der Waals surface area contributed by atoms with E-state index in [9.17, 15) is 9.59 Å². The molecule has 2 heterocycles. The molecule has 0 aliphatic carbocycles. The SMILES string of the molecule is CN(CCc1ccccn1)C(=O)c1ccccc1NC(=O)c1cccs1. The standard InChI is InChI=1S/C20H19N3O2S/c1-23(13-11-15-7-4-5-12-21-15)20(25)16-8-2-3-9-17(16)22-19(24)18-10-6-14-26-18/h2-10,12,14H,11,13H2,1H3,(H,22,24). The zero-order chi connectivity index (χ0) is 18.4. The first-order valence-corrected chi connectivity index (χ1v) is 9.12. The molecule has 5 nitrogen and oxygen atoms in total. The summed E-state index contributed by atoms with van der Waals surface area (Å²) in [6.07, 6.45) is 2.42. The van der Waals surface area contributed by atoms with Crippen LogP contribution in [-0.4, -0.2) is 35.3 Å². The number of hydrogen-bond donors (Lipinski definition) is 1. The van der Waals surface area contributed by atoms with Gasteiger partial charge in [-0.1, -0.05) is 24.3 Å². The van der Waals surface area contributed by atoms with Crippen LogP contribution in [0.3, 0.4) is 0 Å². The van der Waals surface area contributed by atoms with Gasteiger partial charge < -0.3 is 10.2 Å².